The number of carbonyl (C=O) groups excluding carboxylic acids is 1. The van der Waals surface area contributed by atoms with Crippen LogP contribution in [-0.4, -0.2) is 26.4 Å². The molecule has 134 valence electrons. The van der Waals surface area contributed by atoms with Crippen LogP contribution in [0.1, 0.15) is 42.4 Å². The number of aromatic nitrogens is 3. The van der Waals surface area contributed by atoms with Gasteiger partial charge in [0.15, 0.2) is 0 Å². The molecule has 1 aliphatic rings. The molecule has 7 heteroatoms. The van der Waals surface area contributed by atoms with Crippen molar-refractivity contribution < 1.29 is 4.79 Å². The van der Waals surface area contributed by atoms with E-state index in [1.165, 1.54) is 11.8 Å². The summed E-state index contributed by atoms with van der Waals surface area (Å²) in [6, 6.07) is 14.1. The van der Waals surface area contributed by atoms with E-state index in [0.717, 1.165) is 29.2 Å². The van der Waals surface area contributed by atoms with Crippen LogP contribution in [0.4, 0.5) is 0 Å². The van der Waals surface area contributed by atoms with Gasteiger partial charge in [0, 0.05) is 10.8 Å². The first kappa shape index (κ1) is 17.3. The molecular weight excluding hydrogens is 364 g/mol. The largest absolute Gasteiger partial charge is 0.348 e. The van der Waals surface area contributed by atoms with E-state index in [9.17, 15) is 4.79 Å². The Morgan fingerprint density at radius 3 is 2.81 bits per heavy atom. The first-order chi connectivity index (χ1) is 12.7. The van der Waals surface area contributed by atoms with Gasteiger partial charge in [0.05, 0.1) is 17.5 Å². The minimum absolute atomic E-state index is 0.0000620. The lowest BCUT2D eigenvalue weighted by atomic mass is 10.3. The second-order valence-electron chi connectivity index (χ2n) is 6.37. The Kier molecular flexibility index (Phi) is 5.08. The van der Waals surface area contributed by atoms with E-state index < -0.39 is 0 Å². The number of rotatable bonds is 7. The minimum Gasteiger partial charge on any atom is -0.348 e. The second kappa shape index (κ2) is 7.63. The van der Waals surface area contributed by atoms with Crippen LogP contribution < -0.4 is 5.32 Å². The van der Waals surface area contributed by atoms with Crippen LogP contribution in [0.5, 0.6) is 0 Å². The molecule has 0 saturated heterocycles. The summed E-state index contributed by atoms with van der Waals surface area (Å²) < 4.78 is 1.92. The molecule has 26 heavy (non-hydrogen) atoms. The fourth-order valence-electron chi connectivity index (χ4n) is 2.75. The van der Waals surface area contributed by atoms with Crippen molar-refractivity contribution >= 4 is 29.0 Å². The zero-order valence-electron chi connectivity index (χ0n) is 14.5. The summed E-state index contributed by atoms with van der Waals surface area (Å²) in [5.74, 6) is 1.81. The third-order valence-corrected chi connectivity index (χ3v) is 6.13. The Morgan fingerprint density at radius 2 is 2.12 bits per heavy atom. The molecule has 1 aliphatic carbocycles. The highest BCUT2D eigenvalue weighted by molar-refractivity contribution is 7.99. The number of thioether (sulfide) groups is 1. The number of hydrogen-bond donors (Lipinski definition) is 1. The normalized spacial score (nSPS) is 15.0. The molecule has 0 unspecified atom stereocenters. The highest BCUT2D eigenvalue weighted by Crippen LogP contribution is 2.40. The van der Waals surface area contributed by atoms with Crippen molar-refractivity contribution in [1.29, 1.82) is 0 Å². The molecule has 1 saturated carbocycles. The second-order valence-corrected chi connectivity index (χ2v) is 8.29. The van der Waals surface area contributed by atoms with Crippen molar-refractivity contribution in [2.45, 2.75) is 36.9 Å². The molecule has 1 atom stereocenters. The molecule has 1 aromatic carbocycles. The van der Waals surface area contributed by atoms with E-state index in [1.54, 1.807) is 11.3 Å². The Balaban J connectivity index is 1.41. The fourth-order valence-corrected chi connectivity index (χ4v) is 4.13. The van der Waals surface area contributed by atoms with Gasteiger partial charge in [-0.1, -0.05) is 36.0 Å². The van der Waals surface area contributed by atoms with Crippen molar-refractivity contribution in [3.05, 3.63) is 58.5 Å². The molecule has 5 nitrogen and oxygen atoms in total. The van der Waals surface area contributed by atoms with Gasteiger partial charge < -0.3 is 5.32 Å². The van der Waals surface area contributed by atoms with Crippen LogP contribution in [-0.2, 0) is 4.79 Å². The number of hydrogen-bond acceptors (Lipinski definition) is 5. The standard InChI is InChI=1S/C19H20N4OS2/c1-13(16-8-5-11-25-16)20-17(24)12-26-19-21-18(14-9-10-14)23(22-19)15-6-3-2-4-7-15/h2-8,11,13-14H,9-10,12H2,1H3,(H,20,24)/t13-/m1/s1. The third kappa shape index (κ3) is 3.99. The molecule has 4 rings (SSSR count). The van der Waals surface area contributed by atoms with Crippen molar-refractivity contribution in [3.8, 4) is 5.69 Å². The van der Waals surface area contributed by atoms with E-state index in [4.69, 9.17) is 0 Å². The van der Waals surface area contributed by atoms with E-state index in [0.29, 0.717) is 16.8 Å². The van der Waals surface area contributed by atoms with Crippen LogP contribution in [0.25, 0.3) is 5.69 Å². The van der Waals surface area contributed by atoms with Gasteiger partial charge in [-0.25, -0.2) is 9.67 Å². The lowest BCUT2D eigenvalue weighted by Gasteiger charge is -2.11. The van der Waals surface area contributed by atoms with Crippen LogP contribution in [0.3, 0.4) is 0 Å². The van der Waals surface area contributed by atoms with Crippen LogP contribution in [0.2, 0.25) is 0 Å². The Labute approximate surface area is 160 Å². The van der Waals surface area contributed by atoms with Gasteiger partial charge in [-0.3, -0.25) is 4.79 Å². The number of carbonyl (C=O) groups is 1. The first-order valence-corrected chi connectivity index (χ1v) is 10.5. The maximum absolute atomic E-state index is 12.2. The monoisotopic (exact) mass is 384 g/mol. The zero-order chi connectivity index (χ0) is 17.9. The molecule has 0 spiro atoms. The summed E-state index contributed by atoms with van der Waals surface area (Å²) >= 11 is 3.04. The number of benzene rings is 1. The van der Waals surface area contributed by atoms with Gasteiger partial charge in [-0.2, -0.15) is 0 Å². The van der Waals surface area contributed by atoms with Gasteiger partial charge in [-0.05, 0) is 43.3 Å². The van der Waals surface area contributed by atoms with Gasteiger partial charge in [0.2, 0.25) is 11.1 Å². The quantitative estimate of drug-likeness (QED) is 0.621. The van der Waals surface area contributed by atoms with E-state index in [-0.39, 0.29) is 11.9 Å². The van der Waals surface area contributed by atoms with Gasteiger partial charge in [0.25, 0.3) is 0 Å². The number of nitrogens with zero attached hydrogens (tertiary/aromatic N) is 3. The zero-order valence-corrected chi connectivity index (χ0v) is 16.1. The number of nitrogens with one attached hydrogen (secondary N) is 1. The predicted octanol–water partition coefficient (Wildman–Crippen LogP) is 4.18. The van der Waals surface area contributed by atoms with Crippen molar-refractivity contribution in [3.63, 3.8) is 0 Å². The molecular formula is C19H20N4OS2. The molecule has 1 fully saturated rings. The van der Waals surface area contributed by atoms with Crippen molar-refractivity contribution in [2.75, 3.05) is 5.75 Å². The summed E-state index contributed by atoms with van der Waals surface area (Å²) in [4.78, 5) is 18.1. The average molecular weight is 385 g/mol. The third-order valence-electron chi connectivity index (χ3n) is 4.24. The molecule has 1 N–H and O–H groups in total. The molecule has 2 aromatic heterocycles. The topological polar surface area (TPSA) is 59.8 Å². The SMILES string of the molecule is C[C@@H](NC(=O)CSc1nc(C2CC2)n(-c2ccccc2)n1)c1cccs1. The summed E-state index contributed by atoms with van der Waals surface area (Å²) in [5.41, 5.74) is 1.02. The van der Waals surface area contributed by atoms with E-state index in [1.807, 2.05) is 59.5 Å². The van der Waals surface area contributed by atoms with Crippen LogP contribution in [0, 0.1) is 0 Å². The summed E-state index contributed by atoms with van der Waals surface area (Å²) in [6.45, 7) is 2.00. The van der Waals surface area contributed by atoms with Crippen LogP contribution in [0.15, 0.2) is 53.0 Å². The molecule has 3 aromatic rings. The number of amides is 1. The Hall–Kier alpha value is -2.12. The van der Waals surface area contributed by atoms with E-state index >= 15 is 0 Å². The Morgan fingerprint density at radius 1 is 1.31 bits per heavy atom. The van der Waals surface area contributed by atoms with Gasteiger partial charge in [0.1, 0.15) is 5.82 Å². The predicted molar refractivity (Wildman–Crippen MR) is 105 cm³/mol. The number of thiophene rings is 1. The highest BCUT2D eigenvalue weighted by Gasteiger charge is 2.30. The summed E-state index contributed by atoms with van der Waals surface area (Å²) in [7, 11) is 0. The fraction of sp³-hybridized carbons (Fsp3) is 0.316. The first-order valence-electron chi connectivity index (χ1n) is 8.68. The summed E-state index contributed by atoms with van der Waals surface area (Å²) in [6.07, 6.45) is 2.32. The molecule has 1 amide bonds. The molecule has 0 bridgehead atoms. The van der Waals surface area contributed by atoms with Crippen LogP contribution >= 0.6 is 23.1 Å². The lowest BCUT2D eigenvalue weighted by molar-refractivity contribution is -0.119. The maximum Gasteiger partial charge on any atom is 0.230 e. The number of para-hydroxylation sites is 1. The average Bonchev–Trinajstić information content (AvgIpc) is 3.19. The molecule has 0 radical (unpaired) electrons. The lowest BCUT2D eigenvalue weighted by Crippen LogP contribution is -2.27. The summed E-state index contributed by atoms with van der Waals surface area (Å²) in [5, 5.41) is 10.3. The van der Waals surface area contributed by atoms with Crippen molar-refractivity contribution in [1.82, 2.24) is 20.1 Å². The smallest absolute Gasteiger partial charge is 0.230 e. The molecule has 2 heterocycles. The van der Waals surface area contributed by atoms with Crippen molar-refractivity contribution in [2.24, 2.45) is 0 Å². The van der Waals surface area contributed by atoms with Gasteiger partial charge in [-0.15, -0.1) is 16.4 Å². The molecule has 0 aliphatic heterocycles. The highest BCUT2D eigenvalue weighted by atomic mass is 32.2. The minimum atomic E-state index is -0.0000620. The maximum atomic E-state index is 12.2. The van der Waals surface area contributed by atoms with Gasteiger partial charge >= 0.3 is 0 Å². The van der Waals surface area contributed by atoms with E-state index in [2.05, 4.69) is 15.4 Å². The Bertz CT molecular complexity index is 872.